The Labute approximate surface area is 107 Å². The van der Waals surface area contributed by atoms with Crippen LogP contribution in [-0.2, 0) is 14.8 Å². The van der Waals surface area contributed by atoms with Gasteiger partial charge in [0.1, 0.15) is 6.04 Å². The molecule has 0 aliphatic heterocycles. The van der Waals surface area contributed by atoms with Crippen LogP contribution >= 0.6 is 0 Å². The first kappa shape index (κ1) is 14.6. The summed E-state index contributed by atoms with van der Waals surface area (Å²) >= 11 is 0. The minimum Gasteiger partial charge on any atom is -0.381 e. The predicted octanol–water partition coefficient (Wildman–Crippen LogP) is 1.21. The molecule has 6 heteroatoms. The van der Waals surface area contributed by atoms with E-state index in [1.165, 1.54) is 0 Å². The van der Waals surface area contributed by atoms with Crippen LogP contribution in [0.3, 0.4) is 0 Å². The van der Waals surface area contributed by atoms with Crippen LogP contribution in [0, 0.1) is 11.3 Å². The molecule has 1 N–H and O–H groups in total. The summed E-state index contributed by atoms with van der Waals surface area (Å²) < 4.78 is 30.7. The number of sulfonamides is 1. The molecule has 0 amide bonds. The molecule has 0 aliphatic carbocycles. The van der Waals surface area contributed by atoms with E-state index in [1.807, 2.05) is 12.1 Å². The van der Waals surface area contributed by atoms with E-state index in [1.54, 1.807) is 31.2 Å². The van der Waals surface area contributed by atoms with E-state index < -0.39 is 16.1 Å². The number of benzene rings is 1. The Kier molecular flexibility index (Phi) is 5.78. The summed E-state index contributed by atoms with van der Waals surface area (Å²) in [6.07, 6.45) is 0. The van der Waals surface area contributed by atoms with E-state index >= 15 is 0 Å². The molecule has 0 fully saturated rings. The predicted molar refractivity (Wildman–Crippen MR) is 68.2 cm³/mol. The van der Waals surface area contributed by atoms with Crippen LogP contribution in [0.25, 0.3) is 0 Å². The second-order valence-electron chi connectivity index (χ2n) is 3.61. The maximum absolute atomic E-state index is 11.7. The maximum Gasteiger partial charge on any atom is 0.215 e. The topological polar surface area (TPSA) is 79.2 Å². The summed E-state index contributed by atoms with van der Waals surface area (Å²) in [7, 11) is -3.51. The highest BCUT2D eigenvalue weighted by atomic mass is 32.2. The van der Waals surface area contributed by atoms with Gasteiger partial charge in [0.25, 0.3) is 0 Å². The molecule has 1 atom stereocenters. The van der Waals surface area contributed by atoms with Crippen LogP contribution in [0.15, 0.2) is 30.3 Å². The van der Waals surface area contributed by atoms with Crippen molar-refractivity contribution in [3.63, 3.8) is 0 Å². The van der Waals surface area contributed by atoms with Gasteiger partial charge in [-0.2, -0.15) is 9.98 Å². The van der Waals surface area contributed by atoms with Crippen molar-refractivity contribution in [2.75, 3.05) is 19.0 Å². The molecule has 0 bridgehead atoms. The van der Waals surface area contributed by atoms with E-state index in [2.05, 4.69) is 4.72 Å². The molecule has 1 aromatic carbocycles. The third kappa shape index (κ3) is 4.84. The molecule has 1 unspecified atom stereocenters. The zero-order valence-corrected chi connectivity index (χ0v) is 11.0. The van der Waals surface area contributed by atoms with Gasteiger partial charge >= 0.3 is 0 Å². The van der Waals surface area contributed by atoms with Crippen molar-refractivity contribution in [2.45, 2.75) is 13.0 Å². The Balaban J connectivity index is 2.67. The third-order valence-corrected chi connectivity index (χ3v) is 3.56. The zero-order chi connectivity index (χ0) is 13.4. The number of hydrogen-bond acceptors (Lipinski definition) is 4. The molecule has 0 radical (unpaired) electrons. The second-order valence-corrected chi connectivity index (χ2v) is 5.48. The lowest BCUT2D eigenvalue weighted by atomic mass is 10.1. The van der Waals surface area contributed by atoms with Crippen molar-refractivity contribution in [1.29, 1.82) is 5.26 Å². The summed E-state index contributed by atoms with van der Waals surface area (Å²) in [5.41, 5.74) is 0.625. The molecule has 18 heavy (non-hydrogen) atoms. The van der Waals surface area contributed by atoms with E-state index in [4.69, 9.17) is 10.00 Å². The van der Waals surface area contributed by atoms with E-state index in [0.29, 0.717) is 12.2 Å². The van der Waals surface area contributed by atoms with Crippen LogP contribution in [0.5, 0.6) is 0 Å². The van der Waals surface area contributed by atoms with Crippen molar-refractivity contribution in [2.24, 2.45) is 0 Å². The lowest BCUT2D eigenvalue weighted by molar-refractivity contribution is 0.163. The highest BCUT2D eigenvalue weighted by Gasteiger charge is 2.18. The van der Waals surface area contributed by atoms with Crippen molar-refractivity contribution in [1.82, 2.24) is 4.72 Å². The number of nitrogens with zero attached hydrogens (tertiary/aromatic N) is 1. The van der Waals surface area contributed by atoms with Gasteiger partial charge in [0.15, 0.2) is 0 Å². The Hall–Kier alpha value is -1.42. The molecule has 0 saturated heterocycles. The van der Waals surface area contributed by atoms with E-state index in [9.17, 15) is 8.42 Å². The molecule has 0 aromatic heterocycles. The van der Waals surface area contributed by atoms with Crippen LogP contribution in [0.2, 0.25) is 0 Å². The van der Waals surface area contributed by atoms with Crippen molar-refractivity contribution < 1.29 is 13.2 Å². The lowest BCUT2D eigenvalue weighted by Gasteiger charge is -2.12. The smallest absolute Gasteiger partial charge is 0.215 e. The summed E-state index contributed by atoms with van der Waals surface area (Å²) in [5, 5.41) is 9.01. The molecule has 98 valence electrons. The van der Waals surface area contributed by atoms with E-state index in [0.717, 1.165) is 0 Å². The average molecular weight is 268 g/mol. The molecular weight excluding hydrogens is 252 g/mol. The van der Waals surface area contributed by atoms with Crippen molar-refractivity contribution in [3.8, 4) is 6.07 Å². The SMILES string of the molecule is CCOCCS(=O)(=O)NC(C#N)c1ccccc1. The third-order valence-electron chi connectivity index (χ3n) is 2.26. The molecule has 1 aromatic rings. The van der Waals surface area contributed by atoms with Crippen molar-refractivity contribution in [3.05, 3.63) is 35.9 Å². The number of ether oxygens (including phenoxy) is 1. The van der Waals surface area contributed by atoms with Gasteiger partial charge in [-0.1, -0.05) is 30.3 Å². The second kappa shape index (κ2) is 7.11. The number of rotatable bonds is 7. The van der Waals surface area contributed by atoms with Crippen LogP contribution < -0.4 is 4.72 Å². The molecule has 0 heterocycles. The molecule has 5 nitrogen and oxygen atoms in total. The Morgan fingerprint density at radius 2 is 2.06 bits per heavy atom. The fourth-order valence-electron chi connectivity index (χ4n) is 1.37. The van der Waals surface area contributed by atoms with Gasteiger partial charge in [-0.25, -0.2) is 8.42 Å². The molecule has 0 saturated carbocycles. The van der Waals surface area contributed by atoms with Gasteiger partial charge in [-0.05, 0) is 12.5 Å². The van der Waals surface area contributed by atoms with Crippen LogP contribution in [0.4, 0.5) is 0 Å². The normalized spacial score (nSPS) is 12.9. The largest absolute Gasteiger partial charge is 0.381 e. The summed E-state index contributed by atoms with van der Waals surface area (Å²) in [6, 6.07) is 9.81. The minimum absolute atomic E-state index is 0.124. The van der Waals surface area contributed by atoms with Crippen LogP contribution in [0.1, 0.15) is 18.5 Å². The van der Waals surface area contributed by atoms with Crippen LogP contribution in [-0.4, -0.2) is 27.4 Å². The number of nitrogens with one attached hydrogen (secondary N) is 1. The minimum atomic E-state index is -3.51. The van der Waals surface area contributed by atoms with Gasteiger partial charge in [0.2, 0.25) is 10.0 Å². The fraction of sp³-hybridized carbons (Fsp3) is 0.417. The molecule has 0 aliphatic rings. The Morgan fingerprint density at radius 3 is 2.61 bits per heavy atom. The molecule has 0 spiro atoms. The van der Waals surface area contributed by atoms with Gasteiger partial charge in [-0.15, -0.1) is 0 Å². The molecular formula is C12H16N2O3S. The number of hydrogen-bond donors (Lipinski definition) is 1. The van der Waals surface area contributed by atoms with Gasteiger partial charge in [-0.3, -0.25) is 0 Å². The monoisotopic (exact) mass is 268 g/mol. The van der Waals surface area contributed by atoms with Crippen molar-refractivity contribution >= 4 is 10.0 Å². The van der Waals surface area contributed by atoms with Gasteiger partial charge in [0.05, 0.1) is 18.4 Å². The quantitative estimate of drug-likeness (QED) is 0.754. The first-order valence-electron chi connectivity index (χ1n) is 5.61. The standard InChI is InChI=1S/C12H16N2O3S/c1-2-17-8-9-18(15,16)14-12(10-13)11-6-4-3-5-7-11/h3-7,12,14H,2,8-9H2,1H3. The first-order valence-corrected chi connectivity index (χ1v) is 7.26. The highest BCUT2D eigenvalue weighted by molar-refractivity contribution is 7.89. The fourth-order valence-corrected chi connectivity index (χ4v) is 2.37. The summed E-state index contributed by atoms with van der Waals surface area (Å²) in [5.74, 6) is -0.147. The Bertz CT molecular complexity index is 494. The summed E-state index contributed by atoms with van der Waals surface area (Å²) in [4.78, 5) is 0. The lowest BCUT2D eigenvalue weighted by Crippen LogP contribution is -2.31. The van der Waals surface area contributed by atoms with Gasteiger partial charge in [0, 0.05) is 6.61 Å². The number of nitriles is 1. The zero-order valence-electron chi connectivity index (χ0n) is 10.2. The average Bonchev–Trinajstić information content (AvgIpc) is 2.37. The first-order chi connectivity index (χ1) is 8.59. The van der Waals surface area contributed by atoms with Gasteiger partial charge < -0.3 is 4.74 Å². The maximum atomic E-state index is 11.7. The summed E-state index contributed by atoms with van der Waals surface area (Å²) in [6.45, 7) is 2.39. The highest BCUT2D eigenvalue weighted by Crippen LogP contribution is 2.12. The Morgan fingerprint density at radius 1 is 1.39 bits per heavy atom. The van der Waals surface area contributed by atoms with E-state index in [-0.39, 0.29) is 12.4 Å². The molecule has 1 rings (SSSR count).